The van der Waals surface area contributed by atoms with E-state index in [1.54, 1.807) is 0 Å². The number of hydrogen-bond donors (Lipinski definition) is 0. The van der Waals surface area contributed by atoms with Crippen LogP contribution in [-0.2, 0) is 0 Å². The minimum absolute atomic E-state index is 1.15. The van der Waals surface area contributed by atoms with Crippen molar-refractivity contribution in [1.82, 2.24) is 9.13 Å². The lowest BCUT2D eigenvalue weighted by Gasteiger charge is -2.13. The maximum Gasteiger partial charge on any atom is 0.0641 e. The van der Waals surface area contributed by atoms with Gasteiger partial charge in [-0.05, 0) is 64.0 Å². The lowest BCUT2D eigenvalue weighted by molar-refractivity contribution is 1.18. The number of nitrogens with zero attached hydrogens (tertiary/aromatic N) is 2. The third-order valence-corrected chi connectivity index (χ3v) is 9.91. The third-order valence-electron chi connectivity index (χ3n) is 9.91. The van der Waals surface area contributed by atoms with Gasteiger partial charge in [-0.3, -0.25) is 0 Å². The first-order chi connectivity index (χ1) is 23.8. The first kappa shape index (κ1) is 26.8. The van der Waals surface area contributed by atoms with Crippen LogP contribution in [0.2, 0.25) is 0 Å². The van der Waals surface area contributed by atoms with Gasteiger partial charge in [-0.15, -0.1) is 0 Å². The molecular weight excluding hydrogens is 581 g/mol. The molecule has 0 amide bonds. The van der Waals surface area contributed by atoms with E-state index in [0.29, 0.717) is 0 Å². The molecule has 0 fully saturated rings. The van der Waals surface area contributed by atoms with Crippen LogP contribution in [0.1, 0.15) is 0 Å². The molecule has 0 atom stereocenters. The second-order valence-corrected chi connectivity index (χ2v) is 12.6. The van der Waals surface area contributed by atoms with Gasteiger partial charge in [0.15, 0.2) is 0 Å². The van der Waals surface area contributed by atoms with Crippen molar-refractivity contribution in [2.24, 2.45) is 0 Å². The van der Waals surface area contributed by atoms with Crippen LogP contribution in [0.5, 0.6) is 0 Å². The Bertz CT molecular complexity index is 2810. The Balaban J connectivity index is 1.25. The summed E-state index contributed by atoms with van der Waals surface area (Å²) in [5, 5.41) is 7.53. The summed E-state index contributed by atoms with van der Waals surface area (Å²) < 4.78 is 4.94. The first-order valence-electron chi connectivity index (χ1n) is 16.5. The number of benzene rings is 8. The molecular formula is C46H30N2. The summed E-state index contributed by atoms with van der Waals surface area (Å²) in [6.45, 7) is 0. The highest BCUT2D eigenvalue weighted by molar-refractivity contribution is 6.26. The van der Waals surface area contributed by atoms with Crippen molar-refractivity contribution in [2.45, 2.75) is 0 Å². The molecule has 2 heteroatoms. The summed E-state index contributed by atoms with van der Waals surface area (Å²) in [5.41, 5.74) is 12.1. The fourth-order valence-electron chi connectivity index (χ4n) is 7.75. The average Bonchev–Trinajstić information content (AvgIpc) is 3.68. The Kier molecular flexibility index (Phi) is 5.91. The van der Waals surface area contributed by atoms with Gasteiger partial charge in [0.2, 0.25) is 0 Å². The molecule has 2 aromatic heterocycles. The van der Waals surface area contributed by atoms with E-state index < -0.39 is 0 Å². The molecule has 2 heterocycles. The molecule has 0 bridgehead atoms. The number of hydrogen-bond acceptors (Lipinski definition) is 0. The second kappa shape index (κ2) is 10.6. The molecule has 0 aliphatic heterocycles. The summed E-state index contributed by atoms with van der Waals surface area (Å²) in [6, 6.07) is 66.1. The molecule has 0 saturated heterocycles. The van der Waals surface area contributed by atoms with Crippen molar-refractivity contribution < 1.29 is 0 Å². The monoisotopic (exact) mass is 610 g/mol. The van der Waals surface area contributed by atoms with Crippen LogP contribution in [0, 0.1) is 0 Å². The predicted molar refractivity (Wildman–Crippen MR) is 203 cm³/mol. The smallest absolute Gasteiger partial charge is 0.0641 e. The maximum absolute atomic E-state index is 2.48. The van der Waals surface area contributed by atoms with Crippen molar-refractivity contribution in [3.05, 3.63) is 182 Å². The summed E-state index contributed by atoms with van der Waals surface area (Å²) in [4.78, 5) is 0. The van der Waals surface area contributed by atoms with Crippen LogP contribution in [0.3, 0.4) is 0 Å². The lowest BCUT2D eigenvalue weighted by Crippen LogP contribution is -1.96. The second-order valence-electron chi connectivity index (χ2n) is 12.6. The zero-order valence-electron chi connectivity index (χ0n) is 26.2. The van der Waals surface area contributed by atoms with Gasteiger partial charge < -0.3 is 9.13 Å². The van der Waals surface area contributed by atoms with Gasteiger partial charge in [0, 0.05) is 32.6 Å². The fourth-order valence-corrected chi connectivity index (χ4v) is 7.75. The molecule has 0 radical (unpaired) electrons. The van der Waals surface area contributed by atoms with Gasteiger partial charge in [0.1, 0.15) is 0 Å². The maximum atomic E-state index is 2.48. The summed E-state index contributed by atoms with van der Waals surface area (Å²) in [7, 11) is 0. The Morgan fingerprint density at radius 3 is 1.71 bits per heavy atom. The zero-order valence-corrected chi connectivity index (χ0v) is 26.2. The van der Waals surface area contributed by atoms with Crippen LogP contribution >= 0.6 is 0 Å². The number of aromatic nitrogens is 2. The highest BCUT2D eigenvalue weighted by Crippen LogP contribution is 2.43. The number of para-hydroxylation sites is 2. The van der Waals surface area contributed by atoms with E-state index >= 15 is 0 Å². The SMILES string of the molecule is c1ccc(-c2ccc(-c3cccc(-n4c5ccccc5c5ccc6c(c7ccccc7n6-c6cccc7ccccc67)c54)c3)cc2)cc1. The normalized spacial score (nSPS) is 11.8. The average molecular weight is 611 g/mol. The van der Waals surface area contributed by atoms with E-state index in [-0.39, 0.29) is 0 Å². The van der Waals surface area contributed by atoms with Gasteiger partial charge in [-0.2, -0.15) is 0 Å². The molecule has 0 spiro atoms. The van der Waals surface area contributed by atoms with Crippen LogP contribution in [-0.4, -0.2) is 9.13 Å². The standard InChI is InChI=1S/C46H30N2/c1-2-12-31(13-3-1)32-24-26-33(27-25-32)35-16-10-17-36(30-35)47-42-21-8-6-19-38(42)39-28-29-44-45(46(39)47)40-20-7-9-22-43(40)48(44)41-23-11-15-34-14-4-5-18-37(34)41/h1-30H. The van der Waals surface area contributed by atoms with Gasteiger partial charge in [-0.25, -0.2) is 0 Å². The quantitative estimate of drug-likeness (QED) is 0.188. The number of rotatable bonds is 4. The van der Waals surface area contributed by atoms with Crippen LogP contribution in [0.25, 0.3) is 88.0 Å². The molecule has 224 valence electrons. The van der Waals surface area contributed by atoms with Crippen molar-refractivity contribution in [3.63, 3.8) is 0 Å². The van der Waals surface area contributed by atoms with E-state index in [9.17, 15) is 0 Å². The van der Waals surface area contributed by atoms with Gasteiger partial charge in [0.25, 0.3) is 0 Å². The first-order valence-corrected chi connectivity index (χ1v) is 16.5. The lowest BCUT2D eigenvalue weighted by atomic mass is 10.00. The van der Waals surface area contributed by atoms with E-state index in [4.69, 9.17) is 0 Å². The Morgan fingerprint density at radius 2 is 0.896 bits per heavy atom. The van der Waals surface area contributed by atoms with Crippen LogP contribution in [0.4, 0.5) is 0 Å². The number of fused-ring (bicyclic) bond motifs is 8. The fraction of sp³-hybridized carbons (Fsp3) is 0. The Morgan fingerprint density at radius 1 is 0.312 bits per heavy atom. The van der Waals surface area contributed by atoms with Crippen molar-refractivity contribution in [3.8, 4) is 33.6 Å². The molecule has 8 aromatic carbocycles. The van der Waals surface area contributed by atoms with Crippen molar-refractivity contribution in [2.75, 3.05) is 0 Å². The molecule has 0 N–H and O–H groups in total. The Hall–Kier alpha value is -6.38. The minimum atomic E-state index is 1.15. The van der Waals surface area contributed by atoms with Crippen LogP contribution < -0.4 is 0 Å². The molecule has 0 aliphatic rings. The van der Waals surface area contributed by atoms with E-state index in [2.05, 4.69) is 191 Å². The van der Waals surface area contributed by atoms with E-state index in [1.165, 1.54) is 82.3 Å². The van der Waals surface area contributed by atoms with Crippen molar-refractivity contribution >= 4 is 54.4 Å². The molecule has 48 heavy (non-hydrogen) atoms. The third kappa shape index (κ3) is 4.00. The van der Waals surface area contributed by atoms with Gasteiger partial charge in [0.05, 0.1) is 27.8 Å². The zero-order chi connectivity index (χ0) is 31.6. The highest BCUT2D eigenvalue weighted by atomic mass is 15.0. The molecule has 0 saturated carbocycles. The molecule has 0 unspecified atom stereocenters. The summed E-state index contributed by atoms with van der Waals surface area (Å²) >= 11 is 0. The Labute approximate surface area is 278 Å². The van der Waals surface area contributed by atoms with E-state index in [1.807, 2.05) is 0 Å². The van der Waals surface area contributed by atoms with Crippen LogP contribution in [0.15, 0.2) is 182 Å². The molecule has 10 rings (SSSR count). The predicted octanol–water partition coefficient (Wildman–Crippen LogP) is 12.4. The molecule has 10 aromatic rings. The molecule has 2 nitrogen and oxygen atoms in total. The highest BCUT2D eigenvalue weighted by Gasteiger charge is 2.21. The van der Waals surface area contributed by atoms with Crippen molar-refractivity contribution in [1.29, 1.82) is 0 Å². The minimum Gasteiger partial charge on any atom is -0.309 e. The topological polar surface area (TPSA) is 9.86 Å². The van der Waals surface area contributed by atoms with Gasteiger partial charge >= 0.3 is 0 Å². The molecule has 0 aliphatic carbocycles. The summed E-state index contributed by atoms with van der Waals surface area (Å²) in [6.07, 6.45) is 0. The van der Waals surface area contributed by atoms with Gasteiger partial charge in [-0.1, -0.05) is 146 Å². The summed E-state index contributed by atoms with van der Waals surface area (Å²) in [5.74, 6) is 0. The van der Waals surface area contributed by atoms with E-state index in [0.717, 1.165) is 5.69 Å². The largest absolute Gasteiger partial charge is 0.309 e.